The molecule has 2 N–H and O–H groups in total. The predicted molar refractivity (Wildman–Crippen MR) is 75.7 cm³/mol. The summed E-state index contributed by atoms with van der Waals surface area (Å²) in [6.45, 7) is 5.26. The molecule has 4 heteroatoms. The molecule has 0 bridgehead atoms. The highest BCUT2D eigenvalue weighted by Gasteiger charge is 2.12. The van der Waals surface area contributed by atoms with Crippen LogP contribution >= 0.6 is 39.0 Å². The van der Waals surface area contributed by atoms with Gasteiger partial charge in [-0.1, -0.05) is 13.8 Å². The summed E-state index contributed by atoms with van der Waals surface area (Å²) in [5, 5.41) is 2.60. The van der Waals surface area contributed by atoms with Crippen LogP contribution in [0.15, 0.2) is 15.9 Å². The monoisotopic (exact) mass is 307 g/mol. The largest absolute Gasteiger partial charge is 0.329 e. The average Bonchev–Trinajstić information content (AvgIpc) is 2.59. The molecule has 1 heterocycles. The Labute approximate surface area is 109 Å². The van der Waals surface area contributed by atoms with Crippen molar-refractivity contribution in [3.63, 3.8) is 0 Å². The fraction of sp³-hybridized carbons (Fsp3) is 0.636. The standard InChI is InChI=1S/C11H18BrNS2/c1-8(2)3-4-14-11(6-13)10-5-9(12)7-15-10/h5,7-8,11H,3-4,6,13H2,1-2H3. The van der Waals surface area contributed by atoms with Crippen LogP contribution in [0.25, 0.3) is 0 Å². The number of nitrogens with two attached hydrogens (primary N) is 1. The Balaban J connectivity index is 2.42. The molecule has 0 fully saturated rings. The highest BCUT2D eigenvalue weighted by atomic mass is 79.9. The Morgan fingerprint density at radius 2 is 2.27 bits per heavy atom. The molecule has 1 aromatic heterocycles. The molecule has 0 radical (unpaired) electrons. The molecule has 1 nitrogen and oxygen atoms in total. The molecule has 0 aliphatic carbocycles. The summed E-state index contributed by atoms with van der Waals surface area (Å²) in [5.41, 5.74) is 5.80. The first-order valence-electron chi connectivity index (χ1n) is 5.19. The van der Waals surface area contributed by atoms with E-state index in [-0.39, 0.29) is 0 Å². The van der Waals surface area contributed by atoms with Crippen molar-refractivity contribution in [2.24, 2.45) is 11.7 Å². The molecule has 0 spiro atoms. The van der Waals surface area contributed by atoms with Crippen molar-refractivity contribution in [2.45, 2.75) is 25.5 Å². The SMILES string of the molecule is CC(C)CCSC(CN)c1cc(Br)cs1. The van der Waals surface area contributed by atoms with Crippen molar-refractivity contribution in [1.82, 2.24) is 0 Å². The number of hydrogen-bond donors (Lipinski definition) is 1. The van der Waals surface area contributed by atoms with Crippen LogP contribution in [0.4, 0.5) is 0 Å². The van der Waals surface area contributed by atoms with Crippen LogP contribution in [0, 0.1) is 5.92 Å². The van der Waals surface area contributed by atoms with E-state index in [1.807, 2.05) is 11.8 Å². The highest BCUT2D eigenvalue weighted by Crippen LogP contribution is 2.34. The zero-order valence-electron chi connectivity index (χ0n) is 9.20. The van der Waals surface area contributed by atoms with Crippen LogP contribution in [0.3, 0.4) is 0 Å². The van der Waals surface area contributed by atoms with E-state index in [9.17, 15) is 0 Å². The zero-order chi connectivity index (χ0) is 11.3. The van der Waals surface area contributed by atoms with Gasteiger partial charge in [-0.15, -0.1) is 11.3 Å². The van der Waals surface area contributed by atoms with Crippen molar-refractivity contribution in [3.8, 4) is 0 Å². The van der Waals surface area contributed by atoms with Crippen molar-refractivity contribution in [2.75, 3.05) is 12.3 Å². The molecule has 1 rings (SSSR count). The maximum atomic E-state index is 5.80. The third-order valence-corrected chi connectivity index (χ3v) is 5.41. The van der Waals surface area contributed by atoms with Gasteiger partial charge in [0.25, 0.3) is 0 Å². The van der Waals surface area contributed by atoms with Crippen LogP contribution in [-0.4, -0.2) is 12.3 Å². The van der Waals surface area contributed by atoms with E-state index in [1.54, 1.807) is 11.3 Å². The molecule has 86 valence electrons. The predicted octanol–water partition coefficient (Wildman–Crippen LogP) is 4.29. The Morgan fingerprint density at radius 1 is 1.53 bits per heavy atom. The lowest BCUT2D eigenvalue weighted by Gasteiger charge is -2.13. The lowest BCUT2D eigenvalue weighted by atomic mass is 10.2. The van der Waals surface area contributed by atoms with Gasteiger partial charge in [-0.2, -0.15) is 11.8 Å². The van der Waals surface area contributed by atoms with Gasteiger partial charge in [0.15, 0.2) is 0 Å². The topological polar surface area (TPSA) is 26.0 Å². The van der Waals surface area contributed by atoms with Crippen LogP contribution in [-0.2, 0) is 0 Å². The summed E-state index contributed by atoms with van der Waals surface area (Å²) < 4.78 is 1.17. The van der Waals surface area contributed by atoms with Crippen LogP contribution in [0.5, 0.6) is 0 Å². The van der Waals surface area contributed by atoms with Gasteiger partial charge in [0.05, 0.1) is 5.25 Å². The molecule has 0 aromatic carbocycles. The number of thiophene rings is 1. The van der Waals surface area contributed by atoms with Gasteiger partial charge in [-0.05, 0) is 40.1 Å². The number of hydrogen-bond acceptors (Lipinski definition) is 3. The second-order valence-electron chi connectivity index (χ2n) is 3.94. The molecule has 0 amide bonds. The van der Waals surface area contributed by atoms with Gasteiger partial charge in [0.2, 0.25) is 0 Å². The lowest BCUT2D eigenvalue weighted by Crippen LogP contribution is -2.09. The Morgan fingerprint density at radius 3 is 2.73 bits per heavy atom. The van der Waals surface area contributed by atoms with Crippen LogP contribution in [0.1, 0.15) is 30.4 Å². The Kier molecular flexibility index (Phi) is 6.27. The first-order valence-corrected chi connectivity index (χ1v) is 7.91. The van der Waals surface area contributed by atoms with Crippen molar-refractivity contribution >= 4 is 39.0 Å². The Hall–Kier alpha value is 0.490. The molecule has 1 unspecified atom stereocenters. The summed E-state index contributed by atoms with van der Waals surface area (Å²) in [6.07, 6.45) is 1.27. The summed E-state index contributed by atoms with van der Waals surface area (Å²) in [7, 11) is 0. The van der Waals surface area contributed by atoms with E-state index in [0.29, 0.717) is 5.25 Å². The summed E-state index contributed by atoms with van der Waals surface area (Å²) >= 11 is 7.26. The number of halogens is 1. The maximum Gasteiger partial charge on any atom is 0.0513 e. The molecule has 1 atom stereocenters. The molecule has 1 aromatic rings. The van der Waals surface area contributed by atoms with Crippen LogP contribution < -0.4 is 5.73 Å². The van der Waals surface area contributed by atoms with E-state index in [0.717, 1.165) is 12.5 Å². The van der Waals surface area contributed by atoms with Gasteiger partial charge in [-0.3, -0.25) is 0 Å². The second kappa shape index (κ2) is 6.94. The van der Waals surface area contributed by atoms with Crippen LogP contribution in [0.2, 0.25) is 0 Å². The van der Waals surface area contributed by atoms with Gasteiger partial charge in [-0.25, -0.2) is 0 Å². The minimum atomic E-state index is 0.472. The Bertz CT molecular complexity index is 286. The van der Waals surface area contributed by atoms with Crippen molar-refractivity contribution in [1.29, 1.82) is 0 Å². The minimum absolute atomic E-state index is 0.472. The highest BCUT2D eigenvalue weighted by molar-refractivity contribution is 9.10. The van der Waals surface area contributed by atoms with E-state index < -0.39 is 0 Å². The fourth-order valence-electron chi connectivity index (χ4n) is 1.21. The normalized spacial score (nSPS) is 13.4. The molecule has 0 aliphatic heterocycles. The molecular formula is C11H18BrNS2. The first kappa shape index (κ1) is 13.6. The molecule has 0 aliphatic rings. The van der Waals surface area contributed by atoms with Gasteiger partial charge in [0, 0.05) is 21.3 Å². The van der Waals surface area contributed by atoms with Crippen molar-refractivity contribution in [3.05, 3.63) is 20.8 Å². The van der Waals surface area contributed by atoms with Gasteiger partial charge < -0.3 is 5.73 Å². The van der Waals surface area contributed by atoms with E-state index in [2.05, 4.69) is 41.2 Å². The van der Waals surface area contributed by atoms with Gasteiger partial charge in [0.1, 0.15) is 0 Å². The summed E-state index contributed by atoms with van der Waals surface area (Å²) in [6, 6.07) is 2.19. The molecule has 0 saturated carbocycles. The second-order valence-corrected chi connectivity index (χ2v) is 7.11. The number of thioether (sulfide) groups is 1. The summed E-state index contributed by atoms with van der Waals surface area (Å²) in [5.74, 6) is 1.99. The summed E-state index contributed by atoms with van der Waals surface area (Å²) in [4.78, 5) is 1.39. The smallest absolute Gasteiger partial charge is 0.0513 e. The lowest BCUT2D eigenvalue weighted by molar-refractivity contribution is 0.631. The maximum absolute atomic E-state index is 5.80. The van der Waals surface area contributed by atoms with Gasteiger partial charge >= 0.3 is 0 Å². The molecule has 0 saturated heterocycles. The van der Waals surface area contributed by atoms with E-state index in [4.69, 9.17) is 5.73 Å². The van der Waals surface area contributed by atoms with Crippen molar-refractivity contribution < 1.29 is 0 Å². The number of rotatable bonds is 6. The fourth-order valence-corrected chi connectivity index (χ4v) is 4.28. The molecule has 15 heavy (non-hydrogen) atoms. The minimum Gasteiger partial charge on any atom is -0.329 e. The van der Waals surface area contributed by atoms with E-state index >= 15 is 0 Å². The zero-order valence-corrected chi connectivity index (χ0v) is 12.4. The third kappa shape index (κ3) is 4.89. The van der Waals surface area contributed by atoms with E-state index in [1.165, 1.54) is 21.5 Å². The first-order chi connectivity index (χ1) is 7.13. The average molecular weight is 308 g/mol. The third-order valence-electron chi connectivity index (χ3n) is 2.13. The molecular weight excluding hydrogens is 290 g/mol. The quantitative estimate of drug-likeness (QED) is 0.848.